The molecular weight excluding hydrogens is 210 g/mol. The van der Waals surface area contributed by atoms with Crippen LogP contribution in [0.3, 0.4) is 0 Å². The third kappa shape index (κ3) is 1.79. The first-order valence-electron chi connectivity index (χ1n) is 5.27. The molecule has 2 aromatic rings. The van der Waals surface area contributed by atoms with Crippen LogP contribution < -0.4 is 0 Å². The lowest BCUT2D eigenvalue weighted by Crippen LogP contribution is -1.82. The predicted octanol–water partition coefficient (Wildman–Crippen LogP) is 3.04. The van der Waals surface area contributed by atoms with E-state index in [4.69, 9.17) is 10.5 Å². The van der Waals surface area contributed by atoms with Crippen molar-refractivity contribution >= 4 is 0 Å². The Morgan fingerprint density at radius 3 is 2.12 bits per heavy atom. The minimum Gasteiger partial charge on any atom is -0.350 e. The third-order valence-corrected chi connectivity index (χ3v) is 2.85. The molecule has 0 bridgehead atoms. The fraction of sp³-hybridized carbons (Fsp3) is 0.143. The Morgan fingerprint density at radius 2 is 1.65 bits per heavy atom. The van der Waals surface area contributed by atoms with Crippen LogP contribution in [-0.4, -0.2) is 4.98 Å². The summed E-state index contributed by atoms with van der Waals surface area (Å²) in [6, 6.07) is 11.6. The minimum atomic E-state index is 0.599. The van der Waals surface area contributed by atoms with E-state index in [0.29, 0.717) is 11.3 Å². The first-order valence-corrected chi connectivity index (χ1v) is 5.27. The molecule has 0 saturated carbocycles. The van der Waals surface area contributed by atoms with E-state index in [9.17, 15) is 0 Å². The number of aromatic nitrogens is 1. The Hall–Kier alpha value is -2.52. The van der Waals surface area contributed by atoms with Crippen LogP contribution in [0.5, 0.6) is 0 Å². The molecule has 0 aliphatic rings. The number of hydrogen-bond donors (Lipinski definition) is 1. The van der Waals surface area contributed by atoms with Crippen molar-refractivity contribution in [1.82, 2.24) is 4.98 Å². The van der Waals surface area contributed by atoms with Crippen molar-refractivity contribution in [3.8, 4) is 23.3 Å². The topological polar surface area (TPSA) is 63.4 Å². The second kappa shape index (κ2) is 4.15. The molecule has 17 heavy (non-hydrogen) atoms. The van der Waals surface area contributed by atoms with E-state index >= 15 is 0 Å². The molecule has 1 N–H and O–H groups in total. The molecule has 1 aromatic heterocycles. The minimum absolute atomic E-state index is 0.599. The van der Waals surface area contributed by atoms with E-state index in [1.165, 1.54) is 0 Å². The molecular formula is C14H11N3. The summed E-state index contributed by atoms with van der Waals surface area (Å²) in [5, 5.41) is 17.7. The second-order valence-corrected chi connectivity index (χ2v) is 3.93. The monoisotopic (exact) mass is 221 g/mol. The molecule has 0 amide bonds. The fourth-order valence-corrected chi connectivity index (χ4v) is 2.01. The maximum absolute atomic E-state index is 8.96. The van der Waals surface area contributed by atoms with Crippen LogP contribution in [0.25, 0.3) is 11.1 Å². The zero-order valence-corrected chi connectivity index (χ0v) is 9.70. The van der Waals surface area contributed by atoms with Crippen molar-refractivity contribution in [2.24, 2.45) is 0 Å². The van der Waals surface area contributed by atoms with Crippen molar-refractivity contribution in [2.45, 2.75) is 13.8 Å². The lowest BCUT2D eigenvalue weighted by atomic mass is 10.0. The summed E-state index contributed by atoms with van der Waals surface area (Å²) in [4.78, 5) is 3.06. The molecule has 0 fully saturated rings. The number of aryl methyl sites for hydroxylation is 1. The van der Waals surface area contributed by atoms with Gasteiger partial charge >= 0.3 is 0 Å². The van der Waals surface area contributed by atoms with Gasteiger partial charge in [-0.05, 0) is 37.1 Å². The summed E-state index contributed by atoms with van der Waals surface area (Å²) < 4.78 is 0. The third-order valence-electron chi connectivity index (χ3n) is 2.85. The van der Waals surface area contributed by atoms with Gasteiger partial charge in [-0.2, -0.15) is 10.5 Å². The highest BCUT2D eigenvalue weighted by Gasteiger charge is 2.12. The molecule has 1 heterocycles. The smallest absolute Gasteiger partial charge is 0.121 e. The first-order chi connectivity index (χ1) is 8.17. The summed E-state index contributed by atoms with van der Waals surface area (Å²) in [6.45, 7) is 3.87. The molecule has 1 aromatic carbocycles. The van der Waals surface area contributed by atoms with E-state index in [2.05, 4.69) is 17.1 Å². The van der Waals surface area contributed by atoms with Crippen LogP contribution in [-0.2, 0) is 0 Å². The zero-order chi connectivity index (χ0) is 12.4. The van der Waals surface area contributed by atoms with Crippen LogP contribution in [0.1, 0.15) is 22.5 Å². The molecule has 0 aliphatic carbocycles. The van der Waals surface area contributed by atoms with Gasteiger partial charge in [-0.15, -0.1) is 0 Å². The highest BCUT2D eigenvalue weighted by molar-refractivity contribution is 5.72. The molecule has 0 unspecified atom stereocenters. The number of rotatable bonds is 1. The van der Waals surface area contributed by atoms with E-state index in [1.54, 1.807) is 12.1 Å². The lowest BCUT2D eigenvalue weighted by Gasteiger charge is -2.02. The number of nitrogens with zero attached hydrogens (tertiary/aromatic N) is 2. The molecule has 2 rings (SSSR count). The van der Waals surface area contributed by atoms with Gasteiger partial charge in [-0.1, -0.05) is 12.1 Å². The van der Waals surface area contributed by atoms with Crippen LogP contribution in [0.4, 0.5) is 0 Å². The summed E-state index contributed by atoms with van der Waals surface area (Å²) in [7, 11) is 0. The van der Waals surface area contributed by atoms with Gasteiger partial charge in [-0.25, -0.2) is 0 Å². The normalized spacial score (nSPS) is 9.65. The molecule has 3 nitrogen and oxygen atoms in total. The molecule has 0 spiro atoms. The number of hydrogen-bond acceptors (Lipinski definition) is 2. The number of H-pyrrole nitrogens is 1. The van der Waals surface area contributed by atoms with Gasteiger partial charge in [0.25, 0.3) is 0 Å². The van der Waals surface area contributed by atoms with Gasteiger partial charge in [0.05, 0.1) is 11.6 Å². The number of nitrogens with one attached hydrogen (secondary N) is 1. The van der Waals surface area contributed by atoms with Crippen molar-refractivity contribution in [1.29, 1.82) is 10.5 Å². The second-order valence-electron chi connectivity index (χ2n) is 3.93. The SMILES string of the molecule is Cc1[nH]c(C#N)c(C)c1-c1ccc(C#N)cc1. The van der Waals surface area contributed by atoms with Crippen LogP contribution in [0.15, 0.2) is 24.3 Å². The molecule has 0 atom stereocenters. The van der Waals surface area contributed by atoms with E-state index in [0.717, 1.165) is 22.4 Å². The van der Waals surface area contributed by atoms with Crippen molar-refractivity contribution < 1.29 is 0 Å². The Bertz CT molecular complexity index is 634. The van der Waals surface area contributed by atoms with E-state index in [-0.39, 0.29) is 0 Å². The van der Waals surface area contributed by atoms with Gasteiger partial charge in [0.15, 0.2) is 0 Å². The molecule has 0 saturated heterocycles. The molecule has 0 radical (unpaired) electrons. The van der Waals surface area contributed by atoms with Gasteiger partial charge in [0.1, 0.15) is 11.8 Å². The molecule has 3 heteroatoms. The van der Waals surface area contributed by atoms with Crippen LogP contribution in [0.2, 0.25) is 0 Å². The Morgan fingerprint density at radius 1 is 1.00 bits per heavy atom. The van der Waals surface area contributed by atoms with Crippen molar-refractivity contribution in [2.75, 3.05) is 0 Å². The predicted molar refractivity (Wildman–Crippen MR) is 65.1 cm³/mol. The van der Waals surface area contributed by atoms with Gasteiger partial charge in [-0.3, -0.25) is 0 Å². The Labute approximate surface area is 99.9 Å². The zero-order valence-electron chi connectivity index (χ0n) is 9.70. The lowest BCUT2D eigenvalue weighted by molar-refractivity contribution is 1.22. The standard InChI is InChI=1S/C14H11N3/c1-9-13(8-16)17-10(2)14(9)12-5-3-11(7-15)4-6-12/h3-6,17H,1-2H3. The van der Waals surface area contributed by atoms with Crippen molar-refractivity contribution in [3.63, 3.8) is 0 Å². The maximum Gasteiger partial charge on any atom is 0.121 e. The quantitative estimate of drug-likeness (QED) is 0.804. The maximum atomic E-state index is 8.96. The Kier molecular flexibility index (Phi) is 2.68. The van der Waals surface area contributed by atoms with Gasteiger partial charge in [0, 0.05) is 11.3 Å². The molecule has 82 valence electrons. The van der Waals surface area contributed by atoms with Crippen molar-refractivity contribution in [3.05, 3.63) is 46.8 Å². The summed E-state index contributed by atoms with van der Waals surface area (Å²) in [6.07, 6.45) is 0. The van der Waals surface area contributed by atoms with E-state index < -0.39 is 0 Å². The highest BCUT2D eigenvalue weighted by atomic mass is 14.7. The highest BCUT2D eigenvalue weighted by Crippen LogP contribution is 2.29. The average Bonchev–Trinajstić information content (AvgIpc) is 2.64. The van der Waals surface area contributed by atoms with Crippen LogP contribution in [0, 0.1) is 36.5 Å². The first kappa shape index (κ1) is 11.0. The largest absolute Gasteiger partial charge is 0.350 e. The number of nitriles is 2. The number of benzene rings is 1. The number of aromatic amines is 1. The fourth-order valence-electron chi connectivity index (χ4n) is 2.01. The summed E-state index contributed by atoms with van der Waals surface area (Å²) >= 11 is 0. The summed E-state index contributed by atoms with van der Waals surface area (Å²) in [5.41, 5.74) is 5.24. The van der Waals surface area contributed by atoms with Crippen LogP contribution >= 0.6 is 0 Å². The van der Waals surface area contributed by atoms with E-state index in [1.807, 2.05) is 26.0 Å². The Balaban J connectivity index is 2.58. The van der Waals surface area contributed by atoms with Gasteiger partial charge in [0.2, 0.25) is 0 Å². The average molecular weight is 221 g/mol. The summed E-state index contributed by atoms with van der Waals surface area (Å²) in [5.74, 6) is 0. The van der Waals surface area contributed by atoms with Gasteiger partial charge < -0.3 is 4.98 Å². The molecule has 0 aliphatic heterocycles.